The number of nitrogens with zero attached hydrogens (tertiary/aromatic N) is 2. The van der Waals surface area contributed by atoms with Crippen molar-refractivity contribution in [3.63, 3.8) is 0 Å². The standard InChI is InChI=1S/C16H22N4O2S/c1-5-11(2)14-6-8-15(9-7-14)23(21,22)20-19-16-17-12(3)10-13(4)18-16/h6-11,20H,5H2,1-4H3,(H,17,18,19)/t11-/m1/s1. The van der Waals surface area contributed by atoms with Gasteiger partial charge in [-0.1, -0.05) is 26.0 Å². The van der Waals surface area contributed by atoms with E-state index in [2.05, 4.69) is 34.1 Å². The monoisotopic (exact) mass is 334 g/mol. The minimum Gasteiger partial charge on any atom is -0.276 e. The first-order valence-electron chi connectivity index (χ1n) is 7.52. The van der Waals surface area contributed by atoms with Crippen LogP contribution in [0.25, 0.3) is 0 Å². The highest BCUT2D eigenvalue weighted by molar-refractivity contribution is 7.89. The molecule has 1 atom stereocenters. The van der Waals surface area contributed by atoms with Gasteiger partial charge in [0.05, 0.1) is 4.90 Å². The van der Waals surface area contributed by atoms with Gasteiger partial charge in [0.2, 0.25) is 5.95 Å². The zero-order chi connectivity index (χ0) is 17.0. The van der Waals surface area contributed by atoms with Gasteiger partial charge in [0.25, 0.3) is 10.0 Å². The summed E-state index contributed by atoms with van der Waals surface area (Å²) in [7, 11) is -3.67. The van der Waals surface area contributed by atoms with E-state index in [0.717, 1.165) is 23.4 Å². The van der Waals surface area contributed by atoms with Crippen LogP contribution in [0.3, 0.4) is 0 Å². The van der Waals surface area contributed by atoms with E-state index >= 15 is 0 Å². The van der Waals surface area contributed by atoms with Crippen LogP contribution >= 0.6 is 0 Å². The summed E-state index contributed by atoms with van der Waals surface area (Å²) in [4.78, 5) is 10.8. The molecule has 0 aliphatic heterocycles. The van der Waals surface area contributed by atoms with E-state index in [1.54, 1.807) is 12.1 Å². The lowest BCUT2D eigenvalue weighted by Gasteiger charge is -2.11. The summed E-state index contributed by atoms with van der Waals surface area (Å²) in [6, 6.07) is 8.71. The lowest BCUT2D eigenvalue weighted by atomic mass is 9.99. The van der Waals surface area contributed by atoms with Crippen LogP contribution in [0.2, 0.25) is 0 Å². The van der Waals surface area contributed by atoms with Crippen molar-refractivity contribution < 1.29 is 8.42 Å². The van der Waals surface area contributed by atoms with Crippen molar-refractivity contribution in [3.05, 3.63) is 47.3 Å². The summed E-state index contributed by atoms with van der Waals surface area (Å²) in [5.41, 5.74) is 5.20. The van der Waals surface area contributed by atoms with Gasteiger partial charge < -0.3 is 0 Å². The number of hydrogen-bond donors (Lipinski definition) is 2. The van der Waals surface area contributed by atoms with Gasteiger partial charge in [-0.15, -0.1) is 4.83 Å². The van der Waals surface area contributed by atoms with Crippen molar-refractivity contribution in [2.75, 3.05) is 5.43 Å². The van der Waals surface area contributed by atoms with Crippen LogP contribution in [0.4, 0.5) is 5.95 Å². The number of aromatic nitrogens is 2. The highest BCUT2D eigenvalue weighted by Crippen LogP contribution is 2.20. The summed E-state index contributed by atoms with van der Waals surface area (Å²) < 4.78 is 24.6. The van der Waals surface area contributed by atoms with Crippen LogP contribution in [0.15, 0.2) is 35.2 Å². The van der Waals surface area contributed by atoms with Crippen LogP contribution in [-0.2, 0) is 10.0 Å². The van der Waals surface area contributed by atoms with Crippen LogP contribution in [0.1, 0.15) is 43.1 Å². The second kappa shape index (κ2) is 7.06. The van der Waals surface area contributed by atoms with Gasteiger partial charge in [0.1, 0.15) is 0 Å². The summed E-state index contributed by atoms with van der Waals surface area (Å²) >= 11 is 0. The van der Waals surface area contributed by atoms with Crippen molar-refractivity contribution in [2.45, 2.75) is 44.9 Å². The fourth-order valence-electron chi connectivity index (χ4n) is 2.16. The first kappa shape index (κ1) is 17.4. The van der Waals surface area contributed by atoms with Crippen molar-refractivity contribution in [1.82, 2.24) is 14.8 Å². The molecule has 0 saturated carbocycles. The molecule has 0 unspecified atom stereocenters. The molecule has 0 radical (unpaired) electrons. The number of benzene rings is 1. The topological polar surface area (TPSA) is 84.0 Å². The Kier molecular flexibility index (Phi) is 5.33. The quantitative estimate of drug-likeness (QED) is 0.794. The Morgan fingerprint density at radius 1 is 1.09 bits per heavy atom. The smallest absolute Gasteiger partial charge is 0.257 e. The maximum atomic E-state index is 12.3. The second-order valence-electron chi connectivity index (χ2n) is 5.58. The van der Waals surface area contributed by atoms with Gasteiger partial charge in [-0.05, 0) is 49.9 Å². The third-order valence-corrected chi connectivity index (χ3v) is 4.91. The number of anilines is 1. The Hall–Kier alpha value is -1.99. The van der Waals surface area contributed by atoms with Gasteiger partial charge in [-0.3, -0.25) is 5.43 Å². The second-order valence-corrected chi connectivity index (χ2v) is 7.27. The predicted molar refractivity (Wildman–Crippen MR) is 90.6 cm³/mol. The number of hydrogen-bond acceptors (Lipinski definition) is 5. The van der Waals surface area contributed by atoms with Gasteiger partial charge in [-0.2, -0.15) is 0 Å². The molecule has 2 aromatic rings. The molecule has 0 aliphatic rings. The summed E-state index contributed by atoms with van der Waals surface area (Å²) in [6.07, 6.45) is 1.01. The highest BCUT2D eigenvalue weighted by atomic mass is 32.2. The van der Waals surface area contributed by atoms with Crippen molar-refractivity contribution in [1.29, 1.82) is 0 Å². The van der Waals surface area contributed by atoms with Crippen molar-refractivity contribution in [3.8, 4) is 0 Å². The lowest BCUT2D eigenvalue weighted by Crippen LogP contribution is -2.30. The van der Waals surface area contributed by atoms with E-state index in [0.29, 0.717) is 5.92 Å². The fourth-order valence-corrected chi connectivity index (χ4v) is 3.00. The molecule has 0 bridgehead atoms. The normalized spacial score (nSPS) is 12.9. The summed E-state index contributed by atoms with van der Waals surface area (Å²) in [6.45, 7) is 7.86. The zero-order valence-corrected chi connectivity index (χ0v) is 14.6. The largest absolute Gasteiger partial charge is 0.276 e. The van der Waals surface area contributed by atoms with E-state index in [1.165, 1.54) is 0 Å². The van der Waals surface area contributed by atoms with Crippen LogP contribution in [0.5, 0.6) is 0 Å². The molecule has 1 aromatic heterocycles. The molecule has 23 heavy (non-hydrogen) atoms. The third kappa shape index (κ3) is 4.49. The van der Waals surface area contributed by atoms with E-state index in [-0.39, 0.29) is 10.8 Å². The molecule has 2 rings (SSSR count). The van der Waals surface area contributed by atoms with Crippen LogP contribution in [0, 0.1) is 13.8 Å². The Morgan fingerprint density at radius 3 is 2.17 bits per heavy atom. The van der Waals surface area contributed by atoms with E-state index < -0.39 is 10.0 Å². The first-order valence-corrected chi connectivity index (χ1v) is 9.00. The molecular formula is C16H22N4O2S. The van der Waals surface area contributed by atoms with Crippen molar-refractivity contribution in [2.24, 2.45) is 0 Å². The molecule has 0 fully saturated rings. The molecule has 0 spiro atoms. The van der Waals surface area contributed by atoms with Gasteiger partial charge in [0, 0.05) is 11.4 Å². The maximum absolute atomic E-state index is 12.3. The number of aryl methyl sites for hydroxylation is 2. The highest BCUT2D eigenvalue weighted by Gasteiger charge is 2.15. The Labute approximate surface area is 137 Å². The van der Waals surface area contributed by atoms with E-state index in [1.807, 2.05) is 32.0 Å². The molecule has 7 heteroatoms. The molecule has 1 heterocycles. The van der Waals surface area contributed by atoms with E-state index in [9.17, 15) is 8.42 Å². The first-order chi connectivity index (χ1) is 10.8. The minimum absolute atomic E-state index is 0.196. The average molecular weight is 334 g/mol. The molecule has 6 nitrogen and oxygen atoms in total. The molecular weight excluding hydrogens is 312 g/mol. The SMILES string of the molecule is CC[C@@H](C)c1ccc(S(=O)(=O)NNc2nc(C)cc(C)n2)cc1. The van der Waals surface area contributed by atoms with Gasteiger partial charge >= 0.3 is 0 Å². The minimum atomic E-state index is -3.67. The molecule has 2 N–H and O–H groups in total. The molecule has 0 amide bonds. The molecule has 1 aromatic carbocycles. The molecule has 0 saturated heterocycles. The number of hydrazine groups is 1. The maximum Gasteiger partial charge on any atom is 0.257 e. The zero-order valence-electron chi connectivity index (χ0n) is 13.8. The van der Waals surface area contributed by atoms with Gasteiger partial charge in [0.15, 0.2) is 0 Å². The van der Waals surface area contributed by atoms with Crippen LogP contribution < -0.4 is 10.3 Å². The van der Waals surface area contributed by atoms with E-state index in [4.69, 9.17) is 0 Å². The number of nitrogens with one attached hydrogen (secondary N) is 2. The lowest BCUT2D eigenvalue weighted by molar-refractivity contribution is 0.587. The fraction of sp³-hybridized carbons (Fsp3) is 0.375. The number of rotatable bonds is 6. The predicted octanol–water partition coefficient (Wildman–Crippen LogP) is 2.91. The van der Waals surface area contributed by atoms with Crippen molar-refractivity contribution >= 4 is 16.0 Å². The summed E-state index contributed by atoms with van der Waals surface area (Å²) in [5, 5.41) is 0. The molecule has 0 aliphatic carbocycles. The average Bonchev–Trinajstić information content (AvgIpc) is 2.51. The Bertz CT molecular complexity index is 753. The summed E-state index contributed by atoms with van der Waals surface area (Å²) in [5.74, 6) is 0.629. The van der Waals surface area contributed by atoms with Gasteiger partial charge in [-0.25, -0.2) is 18.4 Å². The molecule has 124 valence electrons. The third-order valence-electron chi connectivity index (χ3n) is 3.65. The Balaban J connectivity index is 2.12. The van der Waals surface area contributed by atoms with Crippen LogP contribution in [-0.4, -0.2) is 18.4 Å². The number of sulfonamides is 1. The Morgan fingerprint density at radius 2 is 1.65 bits per heavy atom.